The van der Waals surface area contributed by atoms with E-state index in [4.69, 9.17) is 0 Å². The van der Waals surface area contributed by atoms with Crippen molar-refractivity contribution in [2.75, 3.05) is 0 Å². The molecular formula is C23H27NOS2. The quantitative estimate of drug-likeness (QED) is 0.337. The van der Waals surface area contributed by atoms with Gasteiger partial charge in [0.15, 0.2) is 0 Å². The van der Waals surface area contributed by atoms with Gasteiger partial charge >= 0.3 is 0 Å². The van der Waals surface area contributed by atoms with Gasteiger partial charge in [-0.2, -0.15) is 0 Å². The number of aryl methyl sites for hydroxylation is 1. The van der Waals surface area contributed by atoms with Crippen molar-refractivity contribution in [3.8, 4) is 0 Å². The van der Waals surface area contributed by atoms with Crippen LogP contribution >= 0.6 is 22.7 Å². The number of benzene rings is 1. The van der Waals surface area contributed by atoms with Gasteiger partial charge in [-0.1, -0.05) is 55.3 Å². The lowest BCUT2D eigenvalue weighted by atomic mass is 10.1. The van der Waals surface area contributed by atoms with Crippen molar-refractivity contribution in [2.24, 2.45) is 0 Å². The van der Waals surface area contributed by atoms with Crippen molar-refractivity contribution in [1.29, 1.82) is 0 Å². The van der Waals surface area contributed by atoms with E-state index in [0.29, 0.717) is 6.42 Å². The molecule has 0 saturated heterocycles. The molecule has 0 aliphatic rings. The summed E-state index contributed by atoms with van der Waals surface area (Å²) >= 11 is 3.45. The van der Waals surface area contributed by atoms with Gasteiger partial charge in [0.25, 0.3) is 0 Å². The topological polar surface area (TPSA) is 20.3 Å². The van der Waals surface area contributed by atoms with E-state index in [0.717, 1.165) is 32.4 Å². The van der Waals surface area contributed by atoms with E-state index >= 15 is 0 Å². The van der Waals surface area contributed by atoms with Crippen molar-refractivity contribution >= 4 is 28.6 Å². The summed E-state index contributed by atoms with van der Waals surface area (Å²) in [4.78, 5) is 17.3. The summed E-state index contributed by atoms with van der Waals surface area (Å²) in [6.07, 6.45) is 6.30. The van der Waals surface area contributed by atoms with E-state index in [2.05, 4.69) is 65.4 Å². The van der Waals surface area contributed by atoms with Crippen LogP contribution in [0.1, 0.15) is 47.4 Å². The fourth-order valence-corrected chi connectivity index (χ4v) is 4.61. The van der Waals surface area contributed by atoms with E-state index in [1.165, 1.54) is 28.2 Å². The monoisotopic (exact) mass is 397 g/mol. The molecule has 1 aromatic carbocycles. The molecule has 0 unspecified atom stereocenters. The number of carbonyl (C=O) groups excluding carboxylic acids is 1. The van der Waals surface area contributed by atoms with Gasteiger partial charge < -0.3 is 4.90 Å². The van der Waals surface area contributed by atoms with Gasteiger partial charge in [-0.05, 0) is 47.7 Å². The number of carbonyl (C=O) groups is 1. The molecule has 0 saturated carbocycles. The first-order valence-corrected chi connectivity index (χ1v) is 11.4. The Balaban J connectivity index is 1.40. The predicted molar refractivity (Wildman–Crippen MR) is 116 cm³/mol. The van der Waals surface area contributed by atoms with E-state index in [9.17, 15) is 4.79 Å². The van der Waals surface area contributed by atoms with E-state index < -0.39 is 0 Å². The Morgan fingerprint density at radius 2 is 1.37 bits per heavy atom. The minimum absolute atomic E-state index is 0.278. The van der Waals surface area contributed by atoms with Crippen molar-refractivity contribution in [2.45, 2.75) is 51.6 Å². The summed E-state index contributed by atoms with van der Waals surface area (Å²) in [5, 5.41) is 4.16. The van der Waals surface area contributed by atoms with Crippen LogP contribution < -0.4 is 0 Å². The molecule has 0 aliphatic carbocycles. The normalized spacial score (nSPS) is 10.8. The lowest BCUT2D eigenvalue weighted by Crippen LogP contribution is -2.29. The molecule has 0 aliphatic heterocycles. The smallest absolute Gasteiger partial charge is 0.223 e. The van der Waals surface area contributed by atoms with Crippen molar-refractivity contribution in [1.82, 2.24) is 4.90 Å². The minimum Gasteiger partial charge on any atom is -0.332 e. The second kappa shape index (κ2) is 11.1. The van der Waals surface area contributed by atoms with Crippen LogP contribution in [0, 0.1) is 0 Å². The summed E-state index contributed by atoms with van der Waals surface area (Å²) in [6, 6.07) is 19.0. The molecule has 3 rings (SSSR count). The Labute approximate surface area is 170 Å². The molecule has 2 aromatic heterocycles. The molecule has 0 radical (unpaired) electrons. The first kappa shape index (κ1) is 19.8. The van der Waals surface area contributed by atoms with Gasteiger partial charge in [0.2, 0.25) is 5.91 Å². The molecule has 2 heterocycles. The summed E-state index contributed by atoms with van der Waals surface area (Å²) in [6.45, 7) is 1.45. The fraction of sp³-hybridized carbons (Fsp3) is 0.348. The second-order valence-corrected chi connectivity index (χ2v) is 8.87. The number of hydrogen-bond donors (Lipinski definition) is 0. The Hall–Kier alpha value is -1.91. The molecule has 27 heavy (non-hydrogen) atoms. The predicted octanol–water partition coefficient (Wildman–Crippen LogP) is 6.53. The summed E-state index contributed by atoms with van der Waals surface area (Å²) in [5.41, 5.74) is 1.41. The van der Waals surface area contributed by atoms with Gasteiger partial charge in [-0.15, -0.1) is 22.7 Å². The van der Waals surface area contributed by atoms with E-state index in [1.807, 2.05) is 4.90 Å². The molecule has 1 amide bonds. The third-order valence-corrected chi connectivity index (χ3v) is 6.38. The van der Waals surface area contributed by atoms with Crippen LogP contribution in [0.15, 0.2) is 65.4 Å². The van der Waals surface area contributed by atoms with Crippen LogP contribution in [0.4, 0.5) is 0 Å². The summed E-state index contributed by atoms with van der Waals surface area (Å²) < 4.78 is 0. The van der Waals surface area contributed by atoms with Gasteiger partial charge in [-0.3, -0.25) is 4.79 Å². The molecule has 4 heteroatoms. The Bertz CT molecular complexity index is 730. The molecule has 0 atom stereocenters. The number of unbranched alkanes of at least 4 members (excludes halogenated alkanes) is 3. The summed E-state index contributed by atoms with van der Waals surface area (Å²) in [7, 11) is 0. The second-order valence-electron chi connectivity index (χ2n) is 6.81. The van der Waals surface area contributed by atoms with Crippen LogP contribution in [0.3, 0.4) is 0 Å². The van der Waals surface area contributed by atoms with Crippen LogP contribution in [0.2, 0.25) is 0 Å². The highest BCUT2D eigenvalue weighted by Gasteiger charge is 2.15. The van der Waals surface area contributed by atoms with Crippen LogP contribution in [-0.4, -0.2) is 10.8 Å². The molecule has 0 bridgehead atoms. The van der Waals surface area contributed by atoms with Gasteiger partial charge in [0.05, 0.1) is 13.1 Å². The van der Waals surface area contributed by atoms with Gasteiger partial charge in [0.1, 0.15) is 0 Å². The number of nitrogens with zero attached hydrogens (tertiary/aromatic N) is 1. The Morgan fingerprint density at radius 3 is 1.96 bits per heavy atom. The maximum absolute atomic E-state index is 12.8. The number of amides is 1. The highest BCUT2D eigenvalue weighted by atomic mass is 32.1. The molecule has 0 N–H and O–H groups in total. The SMILES string of the molecule is O=C(CCCCCCc1ccccc1)N(Cc1cccs1)Cc1cccs1. The lowest BCUT2D eigenvalue weighted by molar-refractivity contribution is -0.132. The molecular weight excluding hydrogens is 370 g/mol. The molecule has 3 aromatic rings. The number of thiophene rings is 2. The van der Waals surface area contributed by atoms with Crippen LogP contribution in [0.25, 0.3) is 0 Å². The van der Waals surface area contributed by atoms with Crippen molar-refractivity contribution in [3.63, 3.8) is 0 Å². The van der Waals surface area contributed by atoms with E-state index in [-0.39, 0.29) is 5.91 Å². The largest absolute Gasteiger partial charge is 0.332 e. The molecule has 2 nitrogen and oxygen atoms in total. The zero-order valence-corrected chi connectivity index (χ0v) is 17.3. The van der Waals surface area contributed by atoms with Crippen LogP contribution in [-0.2, 0) is 24.3 Å². The molecule has 0 spiro atoms. The maximum atomic E-state index is 12.8. The first-order chi connectivity index (χ1) is 13.3. The average molecular weight is 398 g/mol. The number of rotatable bonds is 11. The average Bonchev–Trinajstić information content (AvgIpc) is 3.39. The van der Waals surface area contributed by atoms with E-state index in [1.54, 1.807) is 22.7 Å². The minimum atomic E-state index is 0.278. The summed E-state index contributed by atoms with van der Waals surface area (Å²) in [5.74, 6) is 0.278. The Kier molecular flexibility index (Phi) is 8.12. The molecule has 0 fully saturated rings. The number of hydrogen-bond acceptors (Lipinski definition) is 3. The van der Waals surface area contributed by atoms with Gasteiger partial charge in [-0.25, -0.2) is 0 Å². The highest BCUT2D eigenvalue weighted by Crippen LogP contribution is 2.19. The van der Waals surface area contributed by atoms with Gasteiger partial charge in [0, 0.05) is 16.2 Å². The van der Waals surface area contributed by atoms with Crippen molar-refractivity contribution < 1.29 is 4.79 Å². The third kappa shape index (κ3) is 6.96. The Morgan fingerprint density at radius 1 is 0.741 bits per heavy atom. The van der Waals surface area contributed by atoms with Crippen LogP contribution in [0.5, 0.6) is 0 Å². The lowest BCUT2D eigenvalue weighted by Gasteiger charge is -2.21. The fourth-order valence-electron chi connectivity index (χ4n) is 3.18. The highest BCUT2D eigenvalue weighted by molar-refractivity contribution is 7.10. The zero-order chi connectivity index (χ0) is 18.7. The molecule has 142 valence electrons. The first-order valence-electron chi connectivity index (χ1n) is 9.68. The zero-order valence-electron chi connectivity index (χ0n) is 15.7. The standard InChI is InChI=1S/C23H27NOS2/c25-23(15-7-2-1-4-10-20-11-5-3-6-12-20)24(18-21-13-8-16-26-21)19-22-14-9-17-27-22/h3,5-6,8-9,11-14,16-17H,1-2,4,7,10,15,18-19H2. The third-order valence-electron chi connectivity index (χ3n) is 4.66. The maximum Gasteiger partial charge on any atom is 0.223 e. The van der Waals surface area contributed by atoms with Crippen molar-refractivity contribution in [3.05, 3.63) is 80.7 Å².